The number of nitrogens with two attached hydrogens (primary N) is 1. The van der Waals surface area contributed by atoms with E-state index in [1.165, 1.54) is 26.0 Å². The van der Waals surface area contributed by atoms with E-state index < -0.39 is 74.3 Å². The van der Waals surface area contributed by atoms with E-state index in [2.05, 4.69) is 10.6 Å². The lowest BCUT2D eigenvalue weighted by molar-refractivity contribution is -0.387. The Hall–Kier alpha value is -3.59. The molecule has 1 aromatic carbocycles. The van der Waals surface area contributed by atoms with Gasteiger partial charge in [0, 0.05) is 19.2 Å². The molecule has 2 atom stereocenters. The van der Waals surface area contributed by atoms with Crippen LogP contribution in [0.25, 0.3) is 0 Å². The Labute approximate surface area is 195 Å². The average Bonchev–Trinajstić information content (AvgIpc) is 2.78. The lowest BCUT2D eigenvalue weighted by Crippen LogP contribution is -2.52. The van der Waals surface area contributed by atoms with Gasteiger partial charge >= 0.3 is 0 Å². The number of carbonyl (C=O) groups excluding carboxylic acids is 4. The predicted molar refractivity (Wildman–Crippen MR) is 117 cm³/mol. The molecule has 2 rings (SSSR count). The molecule has 1 saturated heterocycles. The van der Waals surface area contributed by atoms with Gasteiger partial charge in [-0.05, 0) is 26.3 Å². The zero-order valence-electron chi connectivity index (χ0n) is 18.6. The van der Waals surface area contributed by atoms with E-state index in [0.717, 1.165) is 21.3 Å². The largest absolute Gasteiger partial charge is 0.368 e. The van der Waals surface area contributed by atoms with Gasteiger partial charge in [-0.15, -0.1) is 0 Å². The third kappa shape index (κ3) is 6.26. The molecule has 0 unspecified atom stereocenters. The fourth-order valence-electron chi connectivity index (χ4n) is 3.28. The van der Waals surface area contributed by atoms with Gasteiger partial charge in [0.15, 0.2) is 4.90 Å². The number of nitro benzene ring substituents is 1. The number of benzene rings is 1. The molecule has 0 radical (unpaired) electrons. The first-order chi connectivity index (χ1) is 15.9. The second-order valence-electron chi connectivity index (χ2n) is 7.59. The van der Waals surface area contributed by atoms with Crippen LogP contribution < -0.4 is 16.4 Å². The molecule has 1 aliphatic heterocycles. The van der Waals surface area contributed by atoms with E-state index in [1.54, 1.807) is 0 Å². The van der Waals surface area contributed by atoms with E-state index >= 15 is 0 Å². The van der Waals surface area contributed by atoms with E-state index in [4.69, 9.17) is 5.73 Å². The summed E-state index contributed by atoms with van der Waals surface area (Å²) in [4.78, 5) is 60.0. The Balaban J connectivity index is 2.45. The number of sulfonamides is 1. The van der Waals surface area contributed by atoms with Gasteiger partial charge in [0.25, 0.3) is 5.69 Å². The molecule has 4 amide bonds. The minimum absolute atomic E-state index is 0.0278. The molecular weight excluding hydrogens is 472 g/mol. The van der Waals surface area contributed by atoms with Crippen molar-refractivity contribution in [1.29, 1.82) is 0 Å². The zero-order valence-corrected chi connectivity index (χ0v) is 19.4. The first kappa shape index (κ1) is 26.7. The second-order valence-corrected chi connectivity index (χ2v) is 9.50. The standard InChI is InChI=1S/C19H26N6O8S/c1-12-19(29)21-10-17(27)24(13(2)18(20)28)9-5-8-23(11-16(26)22-12)34(32,33)15-7-4-3-6-14(15)25(30)31/h3-4,6-7,12-13H,5,8-11H2,1-2H3,(H2,20,28)(H,21,29)(H,22,26)/t12-,13-/m0/s1. The van der Waals surface area contributed by atoms with Crippen LogP contribution in [-0.4, -0.2) is 84.4 Å². The molecule has 0 aliphatic carbocycles. The Morgan fingerprint density at radius 2 is 1.88 bits per heavy atom. The number of hydrogen-bond acceptors (Lipinski definition) is 8. The van der Waals surface area contributed by atoms with Gasteiger partial charge in [0.2, 0.25) is 33.7 Å². The number of amides is 4. The lowest BCUT2D eigenvalue weighted by Gasteiger charge is -2.28. The second kappa shape index (κ2) is 11.0. The topological polar surface area (TPSA) is 202 Å². The number of hydrogen-bond donors (Lipinski definition) is 3. The highest BCUT2D eigenvalue weighted by Gasteiger charge is 2.34. The van der Waals surface area contributed by atoms with Gasteiger partial charge in [-0.25, -0.2) is 8.42 Å². The molecule has 15 heteroatoms. The van der Waals surface area contributed by atoms with Crippen LogP contribution in [0.3, 0.4) is 0 Å². The van der Waals surface area contributed by atoms with Crippen molar-refractivity contribution in [1.82, 2.24) is 19.8 Å². The summed E-state index contributed by atoms with van der Waals surface area (Å²) in [5.74, 6) is -2.97. The van der Waals surface area contributed by atoms with Crippen molar-refractivity contribution in [3.05, 3.63) is 34.4 Å². The van der Waals surface area contributed by atoms with Gasteiger partial charge in [-0.2, -0.15) is 4.31 Å². The summed E-state index contributed by atoms with van der Waals surface area (Å²) in [6, 6.07) is 2.52. The summed E-state index contributed by atoms with van der Waals surface area (Å²) in [6.07, 6.45) is -0.0278. The summed E-state index contributed by atoms with van der Waals surface area (Å²) < 4.78 is 27.3. The number of nitro groups is 1. The van der Waals surface area contributed by atoms with Crippen molar-refractivity contribution in [3.8, 4) is 0 Å². The predicted octanol–water partition coefficient (Wildman–Crippen LogP) is -1.69. The first-order valence-electron chi connectivity index (χ1n) is 10.3. The highest BCUT2D eigenvalue weighted by atomic mass is 32.2. The molecule has 4 N–H and O–H groups in total. The van der Waals surface area contributed by atoms with Crippen LogP contribution in [0.4, 0.5) is 5.69 Å². The SMILES string of the molecule is C[C@@H]1NC(=O)CN(S(=O)(=O)c2ccccc2[N+](=O)[O-])CCCN([C@@H](C)C(N)=O)C(=O)CNC1=O. The summed E-state index contributed by atoms with van der Waals surface area (Å²) in [6.45, 7) is 1.09. The maximum Gasteiger partial charge on any atom is 0.289 e. The Morgan fingerprint density at radius 3 is 2.50 bits per heavy atom. The van der Waals surface area contributed by atoms with Crippen LogP contribution >= 0.6 is 0 Å². The third-order valence-electron chi connectivity index (χ3n) is 5.19. The van der Waals surface area contributed by atoms with Gasteiger partial charge in [0.1, 0.15) is 12.1 Å². The minimum atomic E-state index is -4.53. The molecule has 1 fully saturated rings. The zero-order chi connectivity index (χ0) is 25.6. The van der Waals surface area contributed by atoms with E-state index in [9.17, 15) is 37.7 Å². The Bertz CT molecular complexity index is 1090. The number of nitrogens with one attached hydrogen (secondary N) is 2. The van der Waals surface area contributed by atoms with Gasteiger partial charge in [-0.1, -0.05) is 12.1 Å². The maximum atomic E-state index is 13.3. The Morgan fingerprint density at radius 1 is 1.24 bits per heavy atom. The maximum absolute atomic E-state index is 13.3. The smallest absolute Gasteiger partial charge is 0.289 e. The van der Waals surface area contributed by atoms with E-state index in [0.29, 0.717) is 0 Å². The van der Waals surface area contributed by atoms with Crippen LogP contribution in [-0.2, 0) is 29.2 Å². The van der Waals surface area contributed by atoms with Crippen molar-refractivity contribution in [2.75, 3.05) is 26.2 Å². The first-order valence-corrected chi connectivity index (χ1v) is 11.7. The van der Waals surface area contributed by atoms with Crippen molar-refractivity contribution in [2.24, 2.45) is 5.73 Å². The summed E-state index contributed by atoms with van der Waals surface area (Å²) in [5, 5.41) is 16.1. The Kier molecular flexibility index (Phi) is 8.64. The van der Waals surface area contributed by atoms with Crippen LogP contribution in [0, 0.1) is 10.1 Å². The fourth-order valence-corrected chi connectivity index (χ4v) is 4.88. The number of carbonyl (C=O) groups is 4. The molecule has 14 nitrogen and oxygen atoms in total. The molecule has 0 aromatic heterocycles. The summed E-state index contributed by atoms with van der Waals surface area (Å²) in [7, 11) is -4.53. The molecule has 34 heavy (non-hydrogen) atoms. The van der Waals surface area contributed by atoms with Crippen molar-refractivity contribution >= 4 is 39.3 Å². The molecule has 1 heterocycles. The monoisotopic (exact) mass is 498 g/mol. The molecule has 1 aromatic rings. The molecular formula is C19H26N6O8S. The molecule has 1 aliphatic rings. The summed E-state index contributed by atoms with van der Waals surface area (Å²) in [5.41, 5.74) is 4.64. The van der Waals surface area contributed by atoms with Crippen molar-refractivity contribution < 1.29 is 32.5 Å². The summed E-state index contributed by atoms with van der Waals surface area (Å²) >= 11 is 0. The number of primary amides is 1. The van der Waals surface area contributed by atoms with Crippen LogP contribution in [0.5, 0.6) is 0 Å². The third-order valence-corrected chi connectivity index (χ3v) is 7.08. The quantitative estimate of drug-likeness (QED) is 0.315. The van der Waals surface area contributed by atoms with Crippen LogP contribution in [0.1, 0.15) is 20.3 Å². The van der Waals surface area contributed by atoms with Crippen LogP contribution in [0.15, 0.2) is 29.2 Å². The molecule has 186 valence electrons. The minimum Gasteiger partial charge on any atom is -0.368 e. The highest BCUT2D eigenvalue weighted by molar-refractivity contribution is 7.89. The van der Waals surface area contributed by atoms with Crippen molar-refractivity contribution in [2.45, 2.75) is 37.2 Å². The van der Waals surface area contributed by atoms with Gasteiger partial charge < -0.3 is 21.3 Å². The lowest BCUT2D eigenvalue weighted by atomic mass is 10.2. The molecule has 0 spiro atoms. The molecule has 0 bridgehead atoms. The fraction of sp³-hybridized carbons (Fsp3) is 0.474. The van der Waals surface area contributed by atoms with Gasteiger partial charge in [-0.3, -0.25) is 29.3 Å². The number of nitrogens with zero attached hydrogens (tertiary/aromatic N) is 3. The number of rotatable bonds is 5. The van der Waals surface area contributed by atoms with Gasteiger partial charge in [0.05, 0.1) is 18.0 Å². The van der Waals surface area contributed by atoms with E-state index in [-0.39, 0.29) is 19.5 Å². The van der Waals surface area contributed by atoms with E-state index in [1.807, 2.05) is 0 Å². The average molecular weight is 499 g/mol. The molecule has 0 saturated carbocycles. The van der Waals surface area contributed by atoms with Crippen molar-refractivity contribution in [3.63, 3.8) is 0 Å². The number of para-hydroxylation sites is 1. The highest BCUT2D eigenvalue weighted by Crippen LogP contribution is 2.26. The normalized spacial score (nSPS) is 20.2. The van der Waals surface area contributed by atoms with Crippen LogP contribution in [0.2, 0.25) is 0 Å².